The summed E-state index contributed by atoms with van der Waals surface area (Å²) < 4.78 is 52.0. The molecule has 0 unspecified atom stereocenters. The van der Waals surface area contributed by atoms with Crippen molar-refractivity contribution in [3.63, 3.8) is 0 Å². The van der Waals surface area contributed by atoms with Gasteiger partial charge in [-0.15, -0.1) is 0 Å². The predicted octanol–water partition coefficient (Wildman–Crippen LogP) is 5.99. The number of carbonyl (C=O) groups excluding carboxylic acids is 1. The largest absolute Gasteiger partial charge is 0.496 e. The minimum atomic E-state index is -3.75. The number of nitrogens with one attached hydrogen (secondary N) is 2. The SMILES string of the molecule is C=N/N=C(\C=C(/C)c1cc2c(OC)cccc2[nH]1)c1cc2c(C(=O)NC)c(-c3ccc(F)cc3)oc2cc1N(C)S(C)(=O)=O. The molecule has 226 valence electrons. The van der Waals surface area contributed by atoms with Gasteiger partial charge in [-0.1, -0.05) is 6.07 Å². The quantitative estimate of drug-likeness (QED) is 0.155. The summed E-state index contributed by atoms with van der Waals surface area (Å²) >= 11 is 0. The molecular formula is C32H30FN5O5S. The van der Waals surface area contributed by atoms with Crippen LogP contribution < -0.4 is 14.4 Å². The number of methoxy groups -OCH3 is 1. The molecule has 44 heavy (non-hydrogen) atoms. The lowest BCUT2D eigenvalue weighted by molar-refractivity contribution is 0.0964. The Labute approximate surface area is 253 Å². The van der Waals surface area contributed by atoms with Gasteiger partial charge in [0.2, 0.25) is 10.0 Å². The van der Waals surface area contributed by atoms with Crippen molar-refractivity contribution in [2.75, 3.05) is 31.8 Å². The van der Waals surface area contributed by atoms with Gasteiger partial charge < -0.3 is 19.5 Å². The summed E-state index contributed by atoms with van der Waals surface area (Å²) in [7, 11) is 0.739. The number of nitrogens with zero attached hydrogens (tertiary/aromatic N) is 3. The number of allylic oxidation sites excluding steroid dienone is 2. The fourth-order valence-corrected chi connectivity index (χ4v) is 5.48. The maximum absolute atomic E-state index is 13.7. The van der Waals surface area contributed by atoms with Crippen LogP contribution >= 0.6 is 0 Å². The summed E-state index contributed by atoms with van der Waals surface area (Å²) in [6.45, 7) is 5.39. The number of benzene rings is 3. The molecule has 0 saturated heterocycles. The third-order valence-corrected chi connectivity index (χ3v) is 8.47. The van der Waals surface area contributed by atoms with E-state index in [1.165, 1.54) is 44.4 Å². The van der Waals surface area contributed by atoms with Crippen LogP contribution in [0.5, 0.6) is 5.75 Å². The molecule has 0 aliphatic heterocycles. The highest BCUT2D eigenvalue weighted by Crippen LogP contribution is 2.38. The number of sulfonamides is 1. The lowest BCUT2D eigenvalue weighted by atomic mass is 9.99. The molecule has 2 heterocycles. The van der Waals surface area contributed by atoms with E-state index in [1.54, 1.807) is 19.3 Å². The Morgan fingerprint density at radius 1 is 1.14 bits per heavy atom. The van der Waals surface area contributed by atoms with Crippen molar-refractivity contribution >= 4 is 61.5 Å². The fraction of sp³-hybridized carbons (Fsp3) is 0.156. The van der Waals surface area contributed by atoms with Crippen molar-refractivity contribution in [3.05, 3.63) is 89.4 Å². The second-order valence-corrected chi connectivity index (χ2v) is 12.1. The second-order valence-electron chi connectivity index (χ2n) is 10.0. The highest BCUT2D eigenvalue weighted by atomic mass is 32.2. The van der Waals surface area contributed by atoms with E-state index in [0.717, 1.165) is 32.7 Å². The van der Waals surface area contributed by atoms with Crippen LogP contribution in [0.4, 0.5) is 10.1 Å². The zero-order valence-corrected chi connectivity index (χ0v) is 25.5. The summed E-state index contributed by atoms with van der Waals surface area (Å²) in [4.78, 5) is 16.6. The molecule has 0 radical (unpaired) electrons. The molecule has 0 aliphatic rings. The van der Waals surface area contributed by atoms with Crippen molar-refractivity contribution in [3.8, 4) is 17.1 Å². The number of H-pyrrole nitrogens is 1. The third-order valence-electron chi connectivity index (χ3n) is 7.28. The first kappa shape index (κ1) is 30.2. The fourth-order valence-electron chi connectivity index (χ4n) is 4.97. The van der Waals surface area contributed by atoms with Gasteiger partial charge in [-0.3, -0.25) is 9.10 Å². The van der Waals surface area contributed by atoms with Gasteiger partial charge in [0, 0.05) is 60.0 Å². The molecule has 10 nitrogen and oxygen atoms in total. The van der Waals surface area contributed by atoms with Gasteiger partial charge in [0.25, 0.3) is 5.91 Å². The Morgan fingerprint density at radius 2 is 1.86 bits per heavy atom. The number of rotatable bonds is 9. The molecule has 0 fully saturated rings. The van der Waals surface area contributed by atoms with E-state index in [-0.39, 0.29) is 28.3 Å². The number of furan rings is 1. The Hall–Kier alpha value is -5.23. The van der Waals surface area contributed by atoms with Crippen molar-refractivity contribution in [1.29, 1.82) is 0 Å². The van der Waals surface area contributed by atoms with E-state index in [0.29, 0.717) is 22.3 Å². The number of ether oxygens (including phenoxy) is 1. The summed E-state index contributed by atoms with van der Waals surface area (Å²) in [5, 5.41) is 11.9. The van der Waals surface area contributed by atoms with Crippen LogP contribution in [0.25, 0.3) is 38.8 Å². The van der Waals surface area contributed by atoms with Crippen LogP contribution in [-0.2, 0) is 10.0 Å². The molecule has 5 aromatic rings. The predicted molar refractivity (Wildman–Crippen MR) is 173 cm³/mol. The minimum Gasteiger partial charge on any atom is -0.496 e. The second kappa shape index (κ2) is 11.8. The maximum Gasteiger partial charge on any atom is 0.255 e. The first-order valence-electron chi connectivity index (χ1n) is 13.4. The summed E-state index contributed by atoms with van der Waals surface area (Å²) in [5.74, 6) is 0.0144. The number of hydrogen-bond donors (Lipinski definition) is 2. The van der Waals surface area contributed by atoms with Gasteiger partial charge in [-0.2, -0.15) is 10.2 Å². The number of amides is 1. The zero-order chi connectivity index (χ0) is 31.8. The van der Waals surface area contributed by atoms with Gasteiger partial charge in [0.15, 0.2) is 0 Å². The lowest BCUT2D eigenvalue weighted by Gasteiger charge is -2.20. The third kappa shape index (κ3) is 5.59. The van der Waals surface area contributed by atoms with Crippen molar-refractivity contribution in [2.24, 2.45) is 10.2 Å². The number of aromatic nitrogens is 1. The molecule has 5 rings (SSSR count). The smallest absolute Gasteiger partial charge is 0.255 e. The number of hydrogen-bond acceptors (Lipinski definition) is 7. The Morgan fingerprint density at radius 3 is 2.50 bits per heavy atom. The Balaban J connectivity index is 1.78. The molecule has 2 aromatic heterocycles. The molecule has 1 amide bonds. The van der Waals surface area contributed by atoms with Crippen molar-refractivity contribution < 1.29 is 26.8 Å². The summed E-state index contributed by atoms with van der Waals surface area (Å²) in [6.07, 6.45) is 2.82. The van der Waals surface area contributed by atoms with E-state index in [9.17, 15) is 17.6 Å². The van der Waals surface area contributed by atoms with Gasteiger partial charge in [0.1, 0.15) is 22.9 Å². The zero-order valence-electron chi connectivity index (χ0n) is 24.7. The molecule has 2 N–H and O–H groups in total. The van der Waals surface area contributed by atoms with E-state index in [2.05, 4.69) is 27.2 Å². The van der Waals surface area contributed by atoms with Crippen LogP contribution in [0.3, 0.4) is 0 Å². The molecule has 0 spiro atoms. The normalized spacial score (nSPS) is 12.5. The van der Waals surface area contributed by atoms with Crippen LogP contribution in [-0.4, -0.2) is 59.2 Å². The van der Waals surface area contributed by atoms with Crippen molar-refractivity contribution in [1.82, 2.24) is 10.3 Å². The molecule has 0 bridgehead atoms. The Kier molecular flexibility index (Phi) is 8.11. The monoisotopic (exact) mass is 615 g/mol. The minimum absolute atomic E-state index is 0.193. The topological polar surface area (TPSA) is 129 Å². The summed E-state index contributed by atoms with van der Waals surface area (Å²) in [6, 6.07) is 16.3. The highest BCUT2D eigenvalue weighted by Gasteiger charge is 2.27. The average Bonchev–Trinajstić information content (AvgIpc) is 3.61. The number of aromatic amines is 1. The van der Waals surface area contributed by atoms with Gasteiger partial charge in [-0.25, -0.2) is 12.8 Å². The molecule has 0 aliphatic carbocycles. The highest BCUT2D eigenvalue weighted by molar-refractivity contribution is 7.92. The molecule has 0 atom stereocenters. The van der Waals surface area contributed by atoms with Crippen LogP contribution in [0.2, 0.25) is 0 Å². The molecule has 12 heteroatoms. The van der Waals surface area contributed by atoms with Gasteiger partial charge >= 0.3 is 0 Å². The lowest BCUT2D eigenvalue weighted by Crippen LogP contribution is -2.26. The van der Waals surface area contributed by atoms with E-state index in [1.807, 2.05) is 31.2 Å². The number of fused-ring (bicyclic) bond motifs is 2. The molecule has 3 aromatic carbocycles. The van der Waals surface area contributed by atoms with E-state index < -0.39 is 21.7 Å². The number of carbonyl (C=O) groups is 1. The van der Waals surface area contributed by atoms with Crippen LogP contribution in [0.1, 0.15) is 28.5 Å². The van der Waals surface area contributed by atoms with E-state index in [4.69, 9.17) is 9.15 Å². The van der Waals surface area contributed by atoms with Gasteiger partial charge in [0.05, 0.1) is 30.3 Å². The first-order valence-corrected chi connectivity index (χ1v) is 15.2. The maximum atomic E-state index is 13.7. The number of anilines is 1. The Bertz CT molecular complexity index is 2090. The van der Waals surface area contributed by atoms with Crippen LogP contribution in [0, 0.1) is 5.82 Å². The standard InChI is InChI=1S/C32H30FN5O5S/c1-18(25-16-22-24(36-25)8-7-9-28(22)42-5)14-26(37-35-3)21-15-23-29(17-27(21)38(4)44(6,40)41)43-31(30(23)32(39)34-2)19-10-12-20(33)13-11-19/h7-17,36H,3H2,1-2,4-6H3,(H,34,39)/b18-14+,37-26+. The molecule has 0 saturated carbocycles. The van der Waals surface area contributed by atoms with Crippen molar-refractivity contribution in [2.45, 2.75) is 6.92 Å². The van der Waals surface area contributed by atoms with Gasteiger partial charge in [-0.05, 0) is 67.1 Å². The average molecular weight is 616 g/mol. The first-order chi connectivity index (χ1) is 21.0. The van der Waals surface area contributed by atoms with Crippen LogP contribution in [0.15, 0.2) is 81.4 Å². The summed E-state index contributed by atoms with van der Waals surface area (Å²) in [5.41, 5.74) is 4.15. The van der Waals surface area contributed by atoms with E-state index >= 15 is 0 Å². The molecular weight excluding hydrogens is 585 g/mol. The number of halogens is 1.